The van der Waals surface area contributed by atoms with Crippen LogP contribution in [0.2, 0.25) is 4.34 Å². The third-order valence-corrected chi connectivity index (χ3v) is 4.18. The summed E-state index contributed by atoms with van der Waals surface area (Å²) in [5.41, 5.74) is 0.928. The van der Waals surface area contributed by atoms with Gasteiger partial charge in [0, 0.05) is 11.4 Å². The van der Waals surface area contributed by atoms with Gasteiger partial charge in [0.2, 0.25) is 0 Å². The van der Waals surface area contributed by atoms with Crippen molar-refractivity contribution < 1.29 is 9.18 Å². The molecule has 0 aliphatic rings. The van der Waals surface area contributed by atoms with Crippen molar-refractivity contribution in [1.29, 1.82) is 0 Å². The van der Waals surface area contributed by atoms with Crippen LogP contribution in [0.25, 0.3) is 0 Å². The number of thiophene rings is 1. The molecule has 2 rings (SSSR count). The molecule has 0 spiro atoms. The van der Waals surface area contributed by atoms with E-state index in [4.69, 9.17) is 11.6 Å². The van der Waals surface area contributed by atoms with E-state index in [0.29, 0.717) is 17.4 Å². The predicted molar refractivity (Wildman–Crippen MR) is 85.4 cm³/mol. The van der Waals surface area contributed by atoms with Crippen molar-refractivity contribution in [2.45, 2.75) is 13.5 Å². The quantitative estimate of drug-likeness (QED) is 0.732. The molecule has 110 valence electrons. The normalized spacial score (nSPS) is 10.4. The van der Waals surface area contributed by atoms with Gasteiger partial charge in [-0.1, -0.05) is 29.3 Å². The van der Waals surface area contributed by atoms with Gasteiger partial charge >= 0.3 is 0 Å². The summed E-state index contributed by atoms with van der Waals surface area (Å²) < 4.78 is 14.5. The third kappa shape index (κ3) is 3.93. The van der Waals surface area contributed by atoms with Gasteiger partial charge in [-0.05, 0) is 31.2 Å². The van der Waals surface area contributed by atoms with Crippen LogP contribution in [0.5, 0.6) is 0 Å². The second-order valence-corrected chi connectivity index (χ2v) is 6.46. The Balaban J connectivity index is 2.26. The van der Waals surface area contributed by atoms with Gasteiger partial charge in [0.05, 0.1) is 16.4 Å². The van der Waals surface area contributed by atoms with Crippen LogP contribution >= 0.6 is 22.9 Å². The SMILES string of the molecule is C=CCN(Cc1ccc(Cl)s1)C(=O)c1cc(C)ccc1F. The monoisotopic (exact) mass is 323 g/mol. The molecule has 0 aliphatic carbocycles. The van der Waals surface area contributed by atoms with Gasteiger partial charge < -0.3 is 4.90 Å². The molecule has 0 bridgehead atoms. The molecule has 0 aliphatic heterocycles. The topological polar surface area (TPSA) is 20.3 Å². The standard InChI is InChI=1S/C16H15ClFNOS/c1-3-8-19(10-12-5-7-15(17)21-12)16(20)13-9-11(2)4-6-14(13)18/h3-7,9H,1,8,10H2,2H3. The largest absolute Gasteiger partial charge is 0.330 e. The lowest BCUT2D eigenvalue weighted by Gasteiger charge is -2.21. The maximum absolute atomic E-state index is 13.9. The van der Waals surface area contributed by atoms with E-state index in [0.717, 1.165) is 10.4 Å². The lowest BCUT2D eigenvalue weighted by molar-refractivity contribution is 0.0759. The van der Waals surface area contributed by atoms with Gasteiger partial charge in [0.25, 0.3) is 5.91 Å². The van der Waals surface area contributed by atoms with Crippen LogP contribution in [0.4, 0.5) is 4.39 Å². The third-order valence-electron chi connectivity index (χ3n) is 2.96. The Labute approximate surface area is 132 Å². The van der Waals surface area contributed by atoms with Crippen LogP contribution in [-0.2, 0) is 6.54 Å². The first-order valence-electron chi connectivity index (χ1n) is 6.42. The Morgan fingerprint density at radius 1 is 1.43 bits per heavy atom. The second-order valence-electron chi connectivity index (χ2n) is 4.66. The summed E-state index contributed by atoms with van der Waals surface area (Å²) >= 11 is 7.30. The Morgan fingerprint density at radius 3 is 2.81 bits per heavy atom. The Hall–Kier alpha value is -1.65. The van der Waals surface area contributed by atoms with Crippen LogP contribution in [0.15, 0.2) is 43.0 Å². The van der Waals surface area contributed by atoms with Crippen LogP contribution in [0, 0.1) is 12.7 Å². The van der Waals surface area contributed by atoms with Gasteiger partial charge in [-0.15, -0.1) is 17.9 Å². The van der Waals surface area contributed by atoms with Crippen molar-refractivity contribution in [2.75, 3.05) is 6.54 Å². The maximum Gasteiger partial charge on any atom is 0.257 e. The summed E-state index contributed by atoms with van der Waals surface area (Å²) in [7, 11) is 0. The molecule has 0 saturated heterocycles. The molecule has 1 amide bonds. The second kappa shape index (κ2) is 6.87. The van der Waals surface area contributed by atoms with Gasteiger partial charge in [-0.2, -0.15) is 0 Å². The highest BCUT2D eigenvalue weighted by atomic mass is 35.5. The summed E-state index contributed by atoms with van der Waals surface area (Å²) in [6.45, 7) is 6.21. The number of aryl methyl sites for hydroxylation is 1. The van der Waals surface area contributed by atoms with Crippen LogP contribution in [0.1, 0.15) is 20.8 Å². The lowest BCUT2D eigenvalue weighted by atomic mass is 10.1. The molecule has 2 aromatic rings. The number of hydrogen-bond donors (Lipinski definition) is 0. The first-order chi connectivity index (χ1) is 10.0. The zero-order chi connectivity index (χ0) is 15.4. The molecule has 0 atom stereocenters. The molecular formula is C16H15ClFNOS. The summed E-state index contributed by atoms with van der Waals surface area (Å²) in [6, 6.07) is 8.17. The van der Waals surface area contributed by atoms with Gasteiger partial charge in [-0.3, -0.25) is 4.79 Å². The number of rotatable bonds is 5. The minimum atomic E-state index is -0.510. The molecule has 1 aromatic carbocycles. The minimum Gasteiger partial charge on any atom is -0.330 e. The average molecular weight is 324 g/mol. The van der Waals surface area contributed by atoms with Crippen molar-refractivity contribution in [2.24, 2.45) is 0 Å². The van der Waals surface area contributed by atoms with Gasteiger partial charge in [-0.25, -0.2) is 4.39 Å². The fourth-order valence-corrected chi connectivity index (χ4v) is 3.08. The summed E-state index contributed by atoms with van der Waals surface area (Å²) in [5, 5.41) is 0. The molecule has 0 N–H and O–H groups in total. The number of halogens is 2. The fourth-order valence-electron chi connectivity index (χ4n) is 1.97. The molecular weight excluding hydrogens is 309 g/mol. The van der Waals surface area contributed by atoms with Crippen LogP contribution in [0.3, 0.4) is 0 Å². The molecule has 1 heterocycles. The molecule has 0 radical (unpaired) electrons. The van der Waals surface area contributed by atoms with Gasteiger partial charge in [0.1, 0.15) is 5.82 Å². The van der Waals surface area contributed by atoms with E-state index in [1.54, 1.807) is 29.2 Å². The predicted octanol–water partition coefficient (Wildman–Crippen LogP) is 4.68. The number of hydrogen-bond acceptors (Lipinski definition) is 2. The number of carbonyl (C=O) groups is 1. The van der Waals surface area contributed by atoms with Crippen molar-refractivity contribution in [3.8, 4) is 0 Å². The van der Waals surface area contributed by atoms with Crippen molar-refractivity contribution in [3.63, 3.8) is 0 Å². The Kier molecular flexibility index (Phi) is 5.15. The zero-order valence-electron chi connectivity index (χ0n) is 11.6. The molecule has 0 unspecified atom stereocenters. The first kappa shape index (κ1) is 15.7. The molecule has 5 heteroatoms. The maximum atomic E-state index is 13.9. The van der Waals surface area contributed by atoms with Crippen molar-refractivity contribution in [1.82, 2.24) is 4.90 Å². The highest BCUT2D eigenvalue weighted by molar-refractivity contribution is 7.16. The smallest absolute Gasteiger partial charge is 0.257 e. The summed E-state index contributed by atoms with van der Waals surface area (Å²) in [6.07, 6.45) is 1.63. The van der Waals surface area contributed by atoms with E-state index in [2.05, 4.69) is 6.58 Å². The van der Waals surface area contributed by atoms with Crippen LogP contribution < -0.4 is 0 Å². The van der Waals surface area contributed by atoms with Crippen molar-refractivity contribution >= 4 is 28.8 Å². The fraction of sp³-hybridized carbons (Fsp3) is 0.188. The van der Waals surface area contributed by atoms with Crippen LogP contribution in [-0.4, -0.2) is 17.4 Å². The number of amides is 1. The highest BCUT2D eigenvalue weighted by Crippen LogP contribution is 2.23. The van der Waals surface area contributed by atoms with Gasteiger partial charge in [0.15, 0.2) is 0 Å². The lowest BCUT2D eigenvalue weighted by Crippen LogP contribution is -2.31. The van der Waals surface area contributed by atoms with E-state index in [-0.39, 0.29) is 11.5 Å². The Morgan fingerprint density at radius 2 is 2.19 bits per heavy atom. The van der Waals surface area contributed by atoms with Crippen molar-refractivity contribution in [3.05, 3.63) is 69.1 Å². The first-order valence-corrected chi connectivity index (χ1v) is 7.61. The minimum absolute atomic E-state index is 0.0829. The number of benzene rings is 1. The molecule has 1 aromatic heterocycles. The van der Waals surface area contributed by atoms with E-state index in [1.807, 2.05) is 13.0 Å². The summed E-state index contributed by atoms with van der Waals surface area (Å²) in [5.74, 6) is -0.857. The van der Waals surface area contributed by atoms with E-state index >= 15 is 0 Å². The van der Waals surface area contributed by atoms with E-state index in [9.17, 15) is 9.18 Å². The highest BCUT2D eigenvalue weighted by Gasteiger charge is 2.19. The summed E-state index contributed by atoms with van der Waals surface area (Å²) in [4.78, 5) is 15.0. The molecule has 0 saturated carbocycles. The zero-order valence-corrected chi connectivity index (χ0v) is 13.2. The molecule has 2 nitrogen and oxygen atoms in total. The Bertz CT molecular complexity index is 668. The van der Waals surface area contributed by atoms with E-state index < -0.39 is 5.82 Å². The average Bonchev–Trinajstić information content (AvgIpc) is 2.86. The number of nitrogens with zero attached hydrogens (tertiary/aromatic N) is 1. The molecule has 0 fully saturated rings. The van der Waals surface area contributed by atoms with E-state index in [1.165, 1.54) is 17.4 Å². The molecule has 21 heavy (non-hydrogen) atoms. The number of carbonyl (C=O) groups excluding carboxylic acids is 1.